The van der Waals surface area contributed by atoms with Gasteiger partial charge in [0.15, 0.2) is 6.10 Å². The Labute approximate surface area is 524 Å². The standard InChI is InChI=1S/C79H142O5/c1-3-5-7-9-11-13-15-17-19-21-23-25-27-29-31-33-35-37-38-39-40-42-43-45-47-49-51-53-55-57-59-61-63-65-67-69-71-73-78(81)83-76-77(75-80)84-79(82)74-72-70-68-66-64-62-60-58-56-54-52-50-48-46-44-41-36-34-32-30-28-26-24-22-20-18-16-14-12-10-8-6-4-2/h6,8,12,14-15,17-18,20-21,23-24,26,30,32,77,80H,3-5,7,9-11,13,16,19,22,25,27-29,31,33-76H2,1-2H3/b8-6-,14-12-,17-15-,20-18-,23-21-,26-24-,32-30-. The van der Waals surface area contributed by atoms with E-state index in [9.17, 15) is 14.7 Å². The molecule has 0 aliphatic carbocycles. The SMILES string of the molecule is CC/C=C\C/C=C\C/C=C\C/C=C\C/C=C\CCCCCCCCCCCCCCCCCCCC(=O)OC(CO)COC(=O)CCCCCCCCCCCCCCCCCCCCCCCCCCC/C=C\C/C=C\CCCCCCC. The molecule has 0 aromatic carbocycles. The molecule has 1 unspecified atom stereocenters. The first-order valence-corrected chi connectivity index (χ1v) is 37.1. The molecular formula is C79H142O5. The molecule has 0 heterocycles. The molecular weight excluding hydrogens is 1030 g/mol. The Morgan fingerprint density at radius 1 is 0.286 bits per heavy atom. The molecule has 0 aliphatic heterocycles. The van der Waals surface area contributed by atoms with Crippen LogP contribution in [0, 0.1) is 0 Å². The van der Waals surface area contributed by atoms with Crippen LogP contribution in [-0.2, 0) is 19.1 Å². The highest BCUT2D eigenvalue weighted by molar-refractivity contribution is 5.70. The molecule has 0 aromatic heterocycles. The summed E-state index contributed by atoms with van der Waals surface area (Å²) in [4.78, 5) is 24.7. The zero-order valence-corrected chi connectivity index (χ0v) is 56.2. The number of carbonyl (C=O) groups is 2. The third kappa shape index (κ3) is 71.6. The zero-order chi connectivity index (χ0) is 60.5. The van der Waals surface area contributed by atoms with Crippen LogP contribution in [0.15, 0.2) is 85.1 Å². The van der Waals surface area contributed by atoms with E-state index in [1.54, 1.807) is 0 Å². The Morgan fingerprint density at radius 2 is 0.512 bits per heavy atom. The summed E-state index contributed by atoms with van der Waals surface area (Å²) in [5, 5.41) is 9.72. The average molecular weight is 1170 g/mol. The lowest BCUT2D eigenvalue weighted by atomic mass is 10.0. The molecule has 488 valence electrons. The number of aliphatic hydroxyl groups excluding tert-OH is 1. The smallest absolute Gasteiger partial charge is 0.306 e. The quantitative estimate of drug-likeness (QED) is 0.0373. The van der Waals surface area contributed by atoms with Gasteiger partial charge in [-0.15, -0.1) is 0 Å². The van der Waals surface area contributed by atoms with Crippen molar-refractivity contribution in [3.05, 3.63) is 85.1 Å². The van der Waals surface area contributed by atoms with Crippen molar-refractivity contribution in [1.29, 1.82) is 0 Å². The van der Waals surface area contributed by atoms with Crippen LogP contribution in [0.4, 0.5) is 0 Å². The highest BCUT2D eigenvalue weighted by Gasteiger charge is 2.16. The Hall–Kier alpha value is -2.92. The summed E-state index contributed by atoms with van der Waals surface area (Å²) in [7, 11) is 0. The van der Waals surface area contributed by atoms with Gasteiger partial charge in [0, 0.05) is 12.8 Å². The zero-order valence-electron chi connectivity index (χ0n) is 56.2. The molecule has 0 saturated heterocycles. The molecule has 0 radical (unpaired) electrons. The van der Waals surface area contributed by atoms with Crippen LogP contribution in [-0.4, -0.2) is 36.4 Å². The second-order valence-electron chi connectivity index (χ2n) is 25.0. The maximum atomic E-state index is 12.4. The summed E-state index contributed by atoms with van der Waals surface area (Å²) in [6, 6.07) is 0. The molecule has 0 spiro atoms. The van der Waals surface area contributed by atoms with Gasteiger partial charge in [-0.3, -0.25) is 9.59 Å². The molecule has 5 heteroatoms. The fourth-order valence-electron chi connectivity index (χ4n) is 11.1. The van der Waals surface area contributed by atoms with Crippen molar-refractivity contribution in [3.8, 4) is 0 Å². The minimum atomic E-state index is -0.774. The fraction of sp³-hybridized carbons (Fsp3) is 0.797. The third-order valence-corrected chi connectivity index (χ3v) is 16.7. The first-order chi connectivity index (χ1) is 41.6. The van der Waals surface area contributed by atoms with Crippen LogP contribution in [0.2, 0.25) is 0 Å². The van der Waals surface area contributed by atoms with Crippen molar-refractivity contribution in [2.45, 2.75) is 392 Å². The monoisotopic (exact) mass is 1170 g/mol. The minimum Gasteiger partial charge on any atom is -0.462 e. The molecule has 0 rings (SSSR count). The Bertz CT molecular complexity index is 1520. The second-order valence-corrected chi connectivity index (χ2v) is 25.0. The van der Waals surface area contributed by atoms with E-state index in [0.717, 1.165) is 77.0 Å². The van der Waals surface area contributed by atoms with E-state index in [1.807, 2.05) is 0 Å². The molecule has 0 fully saturated rings. The van der Waals surface area contributed by atoms with Crippen molar-refractivity contribution in [2.75, 3.05) is 13.2 Å². The summed E-state index contributed by atoms with van der Waals surface area (Å²) in [6.45, 7) is 4.06. The number of esters is 2. The van der Waals surface area contributed by atoms with Crippen LogP contribution < -0.4 is 0 Å². The van der Waals surface area contributed by atoms with E-state index in [4.69, 9.17) is 9.47 Å². The number of unbranched alkanes of at least 4 members (excludes halogenated alkanes) is 47. The van der Waals surface area contributed by atoms with E-state index in [-0.39, 0.29) is 25.2 Å². The van der Waals surface area contributed by atoms with Gasteiger partial charge in [0.05, 0.1) is 6.61 Å². The molecule has 1 atom stereocenters. The van der Waals surface area contributed by atoms with Crippen molar-refractivity contribution < 1.29 is 24.2 Å². The number of allylic oxidation sites excluding steroid dienone is 14. The van der Waals surface area contributed by atoms with Gasteiger partial charge in [-0.2, -0.15) is 0 Å². The van der Waals surface area contributed by atoms with Gasteiger partial charge in [-0.25, -0.2) is 0 Å². The normalized spacial score (nSPS) is 12.7. The van der Waals surface area contributed by atoms with Crippen molar-refractivity contribution in [2.24, 2.45) is 0 Å². The van der Waals surface area contributed by atoms with Gasteiger partial charge < -0.3 is 14.6 Å². The van der Waals surface area contributed by atoms with Crippen LogP contribution >= 0.6 is 0 Å². The molecule has 0 aliphatic rings. The summed E-state index contributed by atoms with van der Waals surface area (Å²) < 4.78 is 10.8. The van der Waals surface area contributed by atoms with Gasteiger partial charge in [0.25, 0.3) is 0 Å². The number of hydrogen-bond acceptors (Lipinski definition) is 5. The van der Waals surface area contributed by atoms with E-state index in [0.29, 0.717) is 12.8 Å². The fourth-order valence-corrected chi connectivity index (χ4v) is 11.1. The Kier molecular flexibility index (Phi) is 71.7. The van der Waals surface area contributed by atoms with Gasteiger partial charge in [-0.05, 0) is 89.9 Å². The van der Waals surface area contributed by atoms with Crippen molar-refractivity contribution in [1.82, 2.24) is 0 Å². The first kappa shape index (κ1) is 81.1. The van der Waals surface area contributed by atoms with Gasteiger partial charge in [0.1, 0.15) is 6.61 Å². The lowest BCUT2D eigenvalue weighted by Crippen LogP contribution is -2.28. The van der Waals surface area contributed by atoms with Crippen molar-refractivity contribution in [3.63, 3.8) is 0 Å². The number of carbonyl (C=O) groups excluding carboxylic acids is 2. The lowest BCUT2D eigenvalue weighted by Gasteiger charge is -2.15. The molecule has 1 N–H and O–H groups in total. The topological polar surface area (TPSA) is 72.8 Å². The largest absolute Gasteiger partial charge is 0.462 e. The first-order valence-electron chi connectivity index (χ1n) is 37.1. The second kappa shape index (κ2) is 74.3. The highest BCUT2D eigenvalue weighted by Crippen LogP contribution is 2.19. The van der Waals surface area contributed by atoms with E-state index >= 15 is 0 Å². The predicted octanol–water partition coefficient (Wildman–Crippen LogP) is 26.0. The minimum absolute atomic E-state index is 0.0627. The molecule has 5 nitrogen and oxygen atoms in total. The molecule has 0 saturated carbocycles. The molecule has 84 heavy (non-hydrogen) atoms. The Morgan fingerprint density at radius 3 is 0.774 bits per heavy atom. The number of ether oxygens (including phenoxy) is 2. The van der Waals surface area contributed by atoms with E-state index in [2.05, 4.69) is 98.9 Å². The summed E-state index contributed by atoms with van der Waals surface area (Å²) in [5.74, 6) is -0.571. The van der Waals surface area contributed by atoms with Crippen LogP contribution in [0.5, 0.6) is 0 Å². The van der Waals surface area contributed by atoms with Crippen molar-refractivity contribution >= 4 is 11.9 Å². The number of hydrogen-bond donors (Lipinski definition) is 1. The third-order valence-electron chi connectivity index (χ3n) is 16.7. The molecule has 0 aromatic rings. The maximum absolute atomic E-state index is 12.4. The van der Waals surface area contributed by atoms with Gasteiger partial charge in [0.2, 0.25) is 0 Å². The van der Waals surface area contributed by atoms with E-state index in [1.165, 1.54) is 283 Å². The highest BCUT2D eigenvalue weighted by atomic mass is 16.6. The van der Waals surface area contributed by atoms with Crippen LogP contribution in [0.3, 0.4) is 0 Å². The summed E-state index contributed by atoms with van der Waals surface area (Å²) >= 11 is 0. The summed E-state index contributed by atoms with van der Waals surface area (Å²) in [5.41, 5.74) is 0. The number of aliphatic hydroxyl groups is 1. The van der Waals surface area contributed by atoms with Crippen LogP contribution in [0.1, 0.15) is 386 Å². The van der Waals surface area contributed by atoms with Gasteiger partial charge in [-0.1, -0.05) is 369 Å². The average Bonchev–Trinajstić information content (AvgIpc) is 3.51. The lowest BCUT2D eigenvalue weighted by molar-refractivity contribution is -0.161. The van der Waals surface area contributed by atoms with Gasteiger partial charge >= 0.3 is 11.9 Å². The van der Waals surface area contributed by atoms with E-state index < -0.39 is 6.10 Å². The Balaban J connectivity index is 3.40. The summed E-state index contributed by atoms with van der Waals surface area (Å²) in [6.07, 6.45) is 105. The van der Waals surface area contributed by atoms with Crippen LogP contribution in [0.25, 0.3) is 0 Å². The molecule has 0 amide bonds. The predicted molar refractivity (Wildman–Crippen MR) is 371 cm³/mol. The molecule has 0 bridgehead atoms. The maximum Gasteiger partial charge on any atom is 0.306 e. The number of rotatable bonds is 69.